The highest BCUT2D eigenvalue weighted by molar-refractivity contribution is 5.77. The SMILES string of the molecule is c1ccc(-c2ccnc(-c3cc(-c4ccccc4)cc(-c4ccc(-c5nc(-c6ccccc6)cc(-c6ccccc6)n5)cn4)n3)c2)cc1. The summed E-state index contributed by atoms with van der Waals surface area (Å²) in [4.78, 5) is 24.7. The molecule has 0 fully saturated rings. The summed E-state index contributed by atoms with van der Waals surface area (Å²) in [5.74, 6) is 0.614. The first-order valence-electron chi connectivity index (χ1n) is 15.8. The van der Waals surface area contributed by atoms with Gasteiger partial charge in [0.1, 0.15) is 0 Å². The minimum atomic E-state index is 0.614. The molecule has 4 aromatic carbocycles. The molecule has 8 aromatic rings. The molecule has 0 aliphatic heterocycles. The minimum Gasteiger partial charge on any atom is -0.255 e. The van der Waals surface area contributed by atoms with E-state index in [-0.39, 0.29) is 0 Å². The van der Waals surface area contributed by atoms with Crippen LogP contribution in [0, 0.1) is 0 Å². The van der Waals surface area contributed by atoms with E-state index in [0.29, 0.717) is 5.82 Å². The Morgan fingerprint density at radius 1 is 0.271 bits per heavy atom. The first-order valence-corrected chi connectivity index (χ1v) is 15.8. The summed E-state index contributed by atoms with van der Waals surface area (Å²) in [7, 11) is 0. The topological polar surface area (TPSA) is 64.5 Å². The molecule has 0 spiro atoms. The Balaban J connectivity index is 1.20. The zero-order valence-electron chi connectivity index (χ0n) is 26.0. The third kappa shape index (κ3) is 6.13. The summed E-state index contributed by atoms with van der Waals surface area (Å²) in [6.45, 7) is 0. The van der Waals surface area contributed by atoms with Crippen LogP contribution in [-0.2, 0) is 0 Å². The molecule has 0 aliphatic carbocycles. The minimum absolute atomic E-state index is 0.614. The van der Waals surface area contributed by atoms with E-state index in [4.69, 9.17) is 24.9 Å². The highest BCUT2D eigenvalue weighted by Crippen LogP contribution is 2.32. The number of benzene rings is 4. The summed E-state index contributed by atoms with van der Waals surface area (Å²) < 4.78 is 0. The lowest BCUT2D eigenvalue weighted by Gasteiger charge is -2.11. The van der Waals surface area contributed by atoms with Crippen LogP contribution in [-0.4, -0.2) is 24.9 Å². The highest BCUT2D eigenvalue weighted by Gasteiger charge is 2.14. The van der Waals surface area contributed by atoms with Crippen molar-refractivity contribution in [1.82, 2.24) is 24.9 Å². The predicted octanol–water partition coefficient (Wildman–Crippen LogP) is 10.3. The summed E-state index contributed by atoms with van der Waals surface area (Å²) in [6.07, 6.45) is 3.67. The van der Waals surface area contributed by atoms with Gasteiger partial charge in [0.05, 0.1) is 34.2 Å². The fourth-order valence-electron chi connectivity index (χ4n) is 5.74. The van der Waals surface area contributed by atoms with Crippen molar-refractivity contribution in [3.05, 3.63) is 176 Å². The van der Waals surface area contributed by atoms with Crippen LogP contribution in [0.5, 0.6) is 0 Å². The standard InChI is InChI=1S/C43H29N5/c1-5-13-30(14-6-1)34-23-24-44-40(25-34)42-27-36(31-15-7-2-8-16-31)26-41(46-42)37-22-21-35(29-45-37)43-47-38(32-17-9-3-10-18-32)28-39(48-43)33-19-11-4-12-20-33/h1-29H. The molecule has 0 atom stereocenters. The van der Waals surface area contributed by atoms with Gasteiger partial charge in [0, 0.05) is 29.1 Å². The first kappa shape index (κ1) is 28.9. The molecule has 5 heteroatoms. The van der Waals surface area contributed by atoms with Crippen LogP contribution < -0.4 is 0 Å². The Morgan fingerprint density at radius 3 is 1.31 bits per heavy atom. The van der Waals surface area contributed by atoms with Crippen LogP contribution in [0.25, 0.3) is 78.9 Å². The van der Waals surface area contributed by atoms with E-state index < -0.39 is 0 Å². The van der Waals surface area contributed by atoms with E-state index in [2.05, 4.69) is 66.7 Å². The highest BCUT2D eigenvalue weighted by atomic mass is 14.9. The summed E-state index contributed by atoms with van der Waals surface area (Å²) in [5, 5.41) is 0. The molecule has 226 valence electrons. The summed E-state index contributed by atoms with van der Waals surface area (Å²) in [6, 6.07) is 55.4. The predicted molar refractivity (Wildman–Crippen MR) is 193 cm³/mol. The molecule has 0 aliphatic rings. The number of aromatic nitrogens is 5. The fourth-order valence-corrected chi connectivity index (χ4v) is 5.74. The summed E-state index contributed by atoms with van der Waals surface area (Å²) >= 11 is 0. The third-order valence-corrected chi connectivity index (χ3v) is 8.21. The second-order valence-corrected chi connectivity index (χ2v) is 11.4. The van der Waals surface area contributed by atoms with Gasteiger partial charge in [-0.15, -0.1) is 0 Å². The lowest BCUT2D eigenvalue weighted by molar-refractivity contribution is 1.17. The Bertz CT molecular complexity index is 2250. The second kappa shape index (κ2) is 13.0. The molecular formula is C43H29N5. The van der Waals surface area contributed by atoms with Crippen molar-refractivity contribution in [2.24, 2.45) is 0 Å². The molecule has 8 rings (SSSR count). The Hall–Kier alpha value is -6.59. The summed E-state index contributed by atoms with van der Waals surface area (Å²) in [5.41, 5.74) is 12.0. The molecule has 0 radical (unpaired) electrons. The lowest BCUT2D eigenvalue weighted by atomic mass is 10.0. The molecule has 0 saturated heterocycles. The average molecular weight is 616 g/mol. The molecule has 0 saturated carbocycles. The first-order chi connectivity index (χ1) is 23.8. The van der Waals surface area contributed by atoms with Gasteiger partial charge in [0.15, 0.2) is 5.82 Å². The largest absolute Gasteiger partial charge is 0.255 e. The van der Waals surface area contributed by atoms with Gasteiger partial charge < -0.3 is 0 Å². The Kier molecular flexibility index (Phi) is 7.83. The van der Waals surface area contributed by atoms with Crippen LogP contribution in [0.1, 0.15) is 0 Å². The third-order valence-electron chi connectivity index (χ3n) is 8.21. The van der Waals surface area contributed by atoms with E-state index >= 15 is 0 Å². The molecule has 0 amide bonds. The number of rotatable bonds is 7. The van der Waals surface area contributed by atoms with Crippen molar-refractivity contribution >= 4 is 0 Å². The molecular weight excluding hydrogens is 587 g/mol. The smallest absolute Gasteiger partial charge is 0.161 e. The van der Waals surface area contributed by atoms with Crippen molar-refractivity contribution < 1.29 is 0 Å². The van der Waals surface area contributed by atoms with Crippen molar-refractivity contribution in [3.63, 3.8) is 0 Å². The van der Waals surface area contributed by atoms with Gasteiger partial charge in [0.25, 0.3) is 0 Å². The van der Waals surface area contributed by atoms with Gasteiger partial charge in [-0.3, -0.25) is 9.97 Å². The van der Waals surface area contributed by atoms with Gasteiger partial charge in [-0.05, 0) is 64.7 Å². The zero-order chi connectivity index (χ0) is 32.1. The van der Waals surface area contributed by atoms with E-state index in [9.17, 15) is 0 Å². The van der Waals surface area contributed by atoms with Gasteiger partial charge in [-0.2, -0.15) is 0 Å². The van der Waals surface area contributed by atoms with Crippen LogP contribution in [0.15, 0.2) is 176 Å². The number of nitrogens with zero attached hydrogens (tertiary/aromatic N) is 5. The Labute approximate surface area is 279 Å². The van der Waals surface area contributed by atoms with E-state index in [1.807, 2.05) is 109 Å². The van der Waals surface area contributed by atoms with Crippen molar-refractivity contribution in [2.75, 3.05) is 0 Å². The van der Waals surface area contributed by atoms with E-state index in [1.54, 1.807) is 0 Å². The second-order valence-electron chi connectivity index (χ2n) is 11.4. The number of pyridine rings is 3. The normalized spacial score (nSPS) is 10.9. The fraction of sp³-hybridized carbons (Fsp3) is 0. The number of hydrogen-bond acceptors (Lipinski definition) is 5. The maximum absolute atomic E-state index is 5.09. The van der Waals surface area contributed by atoms with Crippen LogP contribution >= 0.6 is 0 Å². The quantitative estimate of drug-likeness (QED) is 0.178. The van der Waals surface area contributed by atoms with Crippen molar-refractivity contribution in [2.45, 2.75) is 0 Å². The molecule has 48 heavy (non-hydrogen) atoms. The Morgan fingerprint density at radius 2 is 0.771 bits per heavy atom. The van der Waals surface area contributed by atoms with E-state index in [0.717, 1.165) is 73.1 Å². The maximum atomic E-state index is 5.09. The monoisotopic (exact) mass is 615 g/mol. The van der Waals surface area contributed by atoms with E-state index in [1.165, 1.54) is 0 Å². The molecule has 0 bridgehead atoms. The van der Waals surface area contributed by atoms with Crippen molar-refractivity contribution in [3.8, 4) is 78.9 Å². The molecule has 5 nitrogen and oxygen atoms in total. The van der Waals surface area contributed by atoms with Gasteiger partial charge in [-0.25, -0.2) is 15.0 Å². The number of hydrogen-bond donors (Lipinski definition) is 0. The van der Waals surface area contributed by atoms with Gasteiger partial charge >= 0.3 is 0 Å². The molecule has 0 unspecified atom stereocenters. The van der Waals surface area contributed by atoms with Gasteiger partial charge in [0.2, 0.25) is 0 Å². The van der Waals surface area contributed by atoms with Crippen LogP contribution in [0.2, 0.25) is 0 Å². The zero-order valence-corrected chi connectivity index (χ0v) is 26.0. The average Bonchev–Trinajstić information content (AvgIpc) is 3.19. The van der Waals surface area contributed by atoms with Crippen LogP contribution in [0.4, 0.5) is 0 Å². The molecule has 4 aromatic heterocycles. The molecule has 4 heterocycles. The maximum Gasteiger partial charge on any atom is 0.161 e. The molecule has 0 N–H and O–H groups in total. The lowest BCUT2D eigenvalue weighted by Crippen LogP contribution is -1.97. The van der Waals surface area contributed by atoms with Crippen molar-refractivity contribution in [1.29, 1.82) is 0 Å². The van der Waals surface area contributed by atoms with Gasteiger partial charge in [-0.1, -0.05) is 121 Å². The van der Waals surface area contributed by atoms with Crippen LogP contribution in [0.3, 0.4) is 0 Å².